The highest BCUT2D eigenvalue weighted by molar-refractivity contribution is 9.10. The maximum absolute atomic E-state index is 3.61. The van der Waals surface area contributed by atoms with Gasteiger partial charge in [0.2, 0.25) is 0 Å². The SMILES string of the molecule is CCNC(CC)C(C)Cc1ccccc1Br. The molecule has 0 aliphatic heterocycles. The molecule has 0 spiro atoms. The Morgan fingerprint density at radius 2 is 1.94 bits per heavy atom. The molecule has 0 radical (unpaired) electrons. The smallest absolute Gasteiger partial charge is 0.0207 e. The fraction of sp³-hybridized carbons (Fsp3) is 0.571. The lowest BCUT2D eigenvalue weighted by Crippen LogP contribution is -2.35. The van der Waals surface area contributed by atoms with Gasteiger partial charge in [0.05, 0.1) is 0 Å². The van der Waals surface area contributed by atoms with E-state index in [1.807, 2.05) is 0 Å². The zero-order chi connectivity index (χ0) is 12.0. The minimum atomic E-state index is 0.622. The lowest BCUT2D eigenvalue weighted by atomic mass is 9.92. The molecule has 1 nitrogen and oxygen atoms in total. The normalized spacial score (nSPS) is 14.8. The van der Waals surface area contributed by atoms with Crippen molar-refractivity contribution in [1.29, 1.82) is 0 Å². The molecule has 0 amide bonds. The fourth-order valence-corrected chi connectivity index (χ4v) is 2.61. The van der Waals surface area contributed by atoms with Crippen LogP contribution in [-0.4, -0.2) is 12.6 Å². The molecule has 0 aliphatic rings. The first-order chi connectivity index (χ1) is 7.69. The van der Waals surface area contributed by atoms with E-state index in [-0.39, 0.29) is 0 Å². The predicted octanol–water partition coefficient (Wildman–Crippen LogP) is 4.02. The van der Waals surface area contributed by atoms with Gasteiger partial charge in [0.25, 0.3) is 0 Å². The highest BCUT2D eigenvalue weighted by Gasteiger charge is 2.15. The minimum absolute atomic E-state index is 0.622. The molecule has 1 rings (SSSR count). The third-order valence-corrected chi connectivity index (χ3v) is 3.87. The van der Waals surface area contributed by atoms with Gasteiger partial charge in [-0.1, -0.05) is 54.9 Å². The lowest BCUT2D eigenvalue weighted by molar-refractivity contribution is 0.370. The van der Waals surface area contributed by atoms with Crippen molar-refractivity contribution in [1.82, 2.24) is 5.32 Å². The molecule has 0 heterocycles. The zero-order valence-electron chi connectivity index (χ0n) is 10.5. The third kappa shape index (κ3) is 3.91. The van der Waals surface area contributed by atoms with Crippen LogP contribution in [0.4, 0.5) is 0 Å². The second-order valence-corrected chi connectivity index (χ2v) is 5.20. The minimum Gasteiger partial charge on any atom is -0.314 e. The van der Waals surface area contributed by atoms with Crippen LogP contribution >= 0.6 is 15.9 Å². The van der Waals surface area contributed by atoms with E-state index in [0.29, 0.717) is 12.0 Å². The number of halogens is 1. The Morgan fingerprint density at radius 3 is 2.50 bits per heavy atom. The number of nitrogens with one attached hydrogen (secondary N) is 1. The predicted molar refractivity (Wildman–Crippen MR) is 74.8 cm³/mol. The summed E-state index contributed by atoms with van der Waals surface area (Å²) in [7, 11) is 0. The first kappa shape index (κ1) is 13.7. The molecule has 2 heteroatoms. The van der Waals surface area contributed by atoms with Gasteiger partial charge in [-0.3, -0.25) is 0 Å². The fourth-order valence-electron chi connectivity index (χ4n) is 2.16. The van der Waals surface area contributed by atoms with Gasteiger partial charge in [-0.25, -0.2) is 0 Å². The monoisotopic (exact) mass is 283 g/mol. The summed E-state index contributed by atoms with van der Waals surface area (Å²) in [5, 5.41) is 3.56. The second-order valence-electron chi connectivity index (χ2n) is 4.35. The Labute approximate surface area is 108 Å². The van der Waals surface area contributed by atoms with Crippen LogP contribution in [0.3, 0.4) is 0 Å². The first-order valence-electron chi connectivity index (χ1n) is 6.15. The van der Waals surface area contributed by atoms with E-state index in [2.05, 4.69) is 66.3 Å². The van der Waals surface area contributed by atoms with Crippen LogP contribution in [0.5, 0.6) is 0 Å². The molecular weight excluding hydrogens is 262 g/mol. The first-order valence-corrected chi connectivity index (χ1v) is 6.95. The summed E-state index contributed by atoms with van der Waals surface area (Å²) in [5.41, 5.74) is 1.41. The molecular formula is C14H22BrN. The van der Waals surface area contributed by atoms with E-state index >= 15 is 0 Å². The van der Waals surface area contributed by atoms with E-state index in [1.165, 1.54) is 16.5 Å². The Kier molecular flexibility index (Phi) is 6.07. The molecule has 2 atom stereocenters. The van der Waals surface area contributed by atoms with Crippen molar-refractivity contribution in [3.8, 4) is 0 Å². The van der Waals surface area contributed by atoms with Crippen LogP contribution in [0.25, 0.3) is 0 Å². The van der Waals surface area contributed by atoms with E-state index in [1.54, 1.807) is 0 Å². The number of rotatable bonds is 6. The average Bonchev–Trinajstić information content (AvgIpc) is 2.29. The van der Waals surface area contributed by atoms with Gasteiger partial charge < -0.3 is 5.32 Å². The van der Waals surface area contributed by atoms with Gasteiger partial charge in [-0.2, -0.15) is 0 Å². The van der Waals surface area contributed by atoms with Crippen LogP contribution in [0.1, 0.15) is 32.8 Å². The molecule has 2 unspecified atom stereocenters. The molecule has 0 saturated heterocycles. The zero-order valence-corrected chi connectivity index (χ0v) is 12.0. The van der Waals surface area contributed by atoms with Crippen LogP contribution in [0.15, 0.2) is 28.7 Å². The molecule has 1 aromatic carbocycles. The van der Waals surface area contributed by atoms with Gasteiger partial charge in [0, 0.05) is 10.5 Å². The van der Waals surface area contributed by atoms with Crippen molar-refractivity contribution in [2.45, 2.75) is 39.7 Å². The second kappa shape index (κ2) is 7.08. The quantitative estimate of drug-likeness (QED) is 0.832. The van der Waals surface area contributed by atoms with Gasteiger partial charge in [-0.05, 0) is 36.9 Å². The Balaban J connectivity index is 2.62. The van der Waals surface area contributed by atoms with E-state index in [4.69, 9.17) is 0 Å². The summed E-state index contributed by atoms with van der Waals surface area (Å²) in [6.45, 7) is 7.81. The van der Waals surface area contributed by atoms with Crippen LogP contribution < -0.4 is 5.32 Å². The molecule has 0 aromatic heterocycles. The Morgan fingerprint density at radius 1 is 1.25 bits per heavy atom. The third-order valence-electron chi connectivity index (χ3n) is 3.09. The summed E-state index contributed by atoms with van der Waals surface area (Å²) in [5.74, 6) is 0.670. The van der Waals surface area contributed by atoms with Crippen LogP contribution in [-0.2, 0) is 6.42 Å². The van der Waals surface area contributed by atoms with Crippen molar-refractivity contribution in [2.24, 2.45) is 5.92 Å². The lowest BCUT2D eigenvalue weighted by Gasteiger charge is -2.24. The van der Waals surface area contributed by atoms with E-state index in [0.717, 1.165) is 13.0 Å². The van der Waals surface area contributed by atoms with Gasteiger partial charge in [0.15, 0.2) is 0 Å². The standard InChI is InChI=1S/C14H22BrN/c1-4-14(16-5-2)11(3)10-12-8-6-7-9-13(12)15/h6-9,11,14,16H,4-5,10H2,1-3H3. The van der Waals surface area contributed by atoms with Crippen LogP contribution in [0.2, 0.25) is 0 Å². The summed E-state index contributed by atoms with van der Waals surface area (Å²) >= 11 is 3.61. The highest BCUT2D eigenvalue weighted by Crippen LogP contribution is 2.21. The van der Waals surface area contributed by atoms with Crippen molar-refractivity contribution in [3.63, 3.8) is 0 Å². The summed E-state index contributed by atoms with van der Waals surface area (Å²) < 4.78 is 1.23. The highest BCUT2D eigenvalue weighted by atomic mass is 79.9. The Hall–Kier alpha value is -0.340. The van der Waals surface area contributed by atoms with Crippen LogP contribution in [0, 0.1) is 5.92 Å². The van der Waals surface area contributed by atoms with Gasteiger partial charge in [0.1, 0.15) is 0 Å². The van der Waals surface area contributed by atoms with Crippen molar-refractivity contribution in [3.05, 3.63) is 34.3 Å². The molecule has 1 N–H and O–H groups in total. The van der Waals surface area contributed by atoms with E-state index in [9.17, 15) is 0 Å². The topological polar surface area (TPSA) is 12.0 Å². The molecule has 90 valence electrons. The molecule has 0 aliphatic carbocycles. The largest absolute Gasteiger partial charge is 0.314 e. The van der Waals surface area contributed by atoms with Crippen molar-refractivity contribution < 1.29 is 0 Å². The number of hydrogen-bond donors (Lipinski definition) is 1. The average molecular weight is 284 g/mol. The maximum atomic E-state index is 3.61. The number of benzene rings is 1. The van der Waals surface area contributed by atoms with Crippen molar-refractivity contribution in [2.75, 3.05) is 6.54 Å². The molecule has 16 heavy (non-hydrogen) atoms. The molecule has 0 saturated carbocycles. The van der Waals surface area contributed by atoms with Gasteiger partial charge >= 0.3 is 0 Å². The summed E-state index contributed by atoms with van der Waals surface area (Å²) in [6, 6.07) is 9.13. The van der Waals surface area contributed by atoms with E-state index < -0.39 is 0 Å². The molecule has 0 bridgehead atoms. The molecule has 1 aromatic rings. The van der Waals surface area contributed by atoms with Crippen molar-refractivity contribution >= 4 is 15.9 Å². The summed E-state index contributed by atoms with van der Waals surface area (Å²) in [6.07, 6.45) is 2.33. The Bertz CT molecular complexity index is 311. The number of hydrogen-bond acceptors (Lipinski definition) is 1. The maximum Gasteiger partial charge on any atom is 0.0207 e. The molecule has 0 fully saturated rings. The van der Waals surface area contributed by atoms with Gasteiger partial charge in [-0.15, -0.1) is 0 Å². The summed E-state index contributed by atoms with van der Waals surface area (Å²) in [4.78, 5) is 0.